The van der Waals surface area contributed by atoms with Crippen LogP contribution in [0.3, 0.4) is 0 Å². The fraction of sp³-hybridized carbons (Fsp3) is 0.167. The summed E-state index contributed by atoms with van der Waals surface area (Å²) >= 11 is 5.60. The summed E-state index contributed by atoms with van der Waals surface area (Å²) in [4.78, 5) is 0. The van der Waals surface area contributed by atoms with Crippen LogP contribution < -0.4 is 15.4 Å². The molecule has 0 aliphatic heterocycles. The standard InChI is InChI=1S/C24H24N4OS/c1-16-23(17(2)28(27-16)15-18-8-6-11-20(14-18)29-3)26-24(30)25-22-13-7-10-19-9-4-5-12-21(19)22/h4-14H,15H2,1-3H3,(H2,25,26,30). The zero-order valence-electron chi connectivity index (χ0n) is 17.3. The molecule has 0 aliphatic carbocycles. The molecule has 0 saturated carbocycles. The van der Waals surface area contributed by atoms with Gasteiger partial charge in [-0.3, -0.25) is 4.68 Å². The number of methoxy groups -OCH3 is 1. The van der Waals surface area contributed by atoms with Crippen LogP contribution in [0.2, 0.25) is 0 Å². The minimum absolute atomic E-state index is 0.540. The Labute approximate surface area is 181 Å². The molecular weight excluding hydrogens is 392 g/mol. The van der Waals surface area contributed by atoms with E-state index in [1.165, 1.54) is 5.39 Å². The molecule has 0 aliphatic rings. The Kier molecular flexibility index (Phi) is 5.68. The fourth-order valence-electron chi connectivity index (χ4n) is 3.58. The van der Waals surface area contributed by atoms with Crippen molar-refractivity contribution in [1.29, 1.82) is 0 Å². The van der Waals surface area contributed by atoms with Gasteiger partial charge in [0.05, 0.1) is 30.7 Å². The summed E-state index contributed by atoms with van der Waals surface area (Å²) in [6, 6.07) is 22.4. The second-order valence-electron chi connectivity index (χ2n) is 7.16. The monoisotopic (exact) mass is 416 g/mol. The van der Waals surface area contributed by atoms with E-state index < -0.39 is 0 Å². The SMILES string of the molecule is COc1cccc(Cn2nc(C)c(NC(=S)Nc3cccc4ccccc34)c2C)c1. The molecule has 3 aromatic carbocycles. The highest BCUT2D eigenvalue weighted by Crippen LogP contribution is 2.25. The molecule has 0 saturated heterocycles. The van der Waals surface area contributed by atoms with Gasteiger partial charge >= 0.3 is 0 Å². The number of ether oxygens (including phenoxy) is 1. The topological polar surface area (TPSA) is 51.1 Å². The number of anilines is 2. The first-order chi connectivity index (χ1) is 14.5. The Balaban J connectivity index is 1.52. The Bertz CT molecular complexity index is 1210. The summed E-state index contributed by atoms with van der Waals surface area (Å²) in [6.07, 6.45) is 0. The predicted molar refractivity (Wildman–Crippen MR) is 128 cm³/mol. The van der Waals surface area contributed by atoms with Crippen molar-refractivity contribution in [2.24, 2.45) is 0 Å². The number of hydrogen-bond acceptors (Lipinski definition) is 3. The third kappa shape index (κ3) is 4.14. The summed E-state index contributed by atoms with van der Waals surface area (Å²) < 4.78 is 7.30. The van der Waals surface area contributed by atoms with Gasteiger partial charge in [-0.05, 0) is 55.2 Å². The number of fused-ring (bicyclic) bond motifs is 1. The van der Waals surface area contributed by atoms with Gasteiger partial charge in [-0.15, -0.1) is 0 Å². The van der Waals surface area contributed by atoms with E-state index in [-0.39, 0.29) is 0 Å². The first-order valence-electron chi connectivity index (χ1n) is 9.78. The molecule has 0 amide bonds. The lowest BCUT2D eigenvalue weighted by molar-refractivity contribution is 0.414. The zero-order valence-corrected chi connectivity index (χ0v) is 18.1. The van der Waals surface area contributed by atoms with Crippen LogP contribution in [-0.4, -0.2) is 22.0 Å². The van der Waals surface area contributed by atoms with E-state index in [0.717, 1.165) is 39.5 Å². The fourth-order valence-corrected chi connectivity index (χ4v) is 3.79. The Morgan fingerprint density at radius 2 is 1.77 bits per heavy atom. The lowest BCUT2D eigenvalue weighted by Gasteiger charge is -2.13. The molecule has 1 heterocycles. The van der Waals surface area contributed by atoms with Gasteiger partial charge in [0.25, 0.3) is 0 Å². The number of hydrogen-bond donors (Lipinski definition) is 2. The number of aryl methyl sites for hydroxylation is 1. The van der Waals surface area contributed by atoms with Gasteiger partial charge < -0.3 is 15.4 Å². The van der Waals surface area contributed by atoms with Crippen molar-refractivity contribution in [2.45, 2.75) is 20.4 Å². The summed E-state index contributed by atoms with van der Waals surface area (Å²) in [6.45, 7) is 4.69. The Hall–Kier alpha value is -3.38. The van der Waals surface area contributed by atoms with Crippen molar-refractivity contribution in [3.8, 4) is 5.75 Å². The molecule has 6 heteroatoms. The van der Waals surface area contributed by atoms with Gasteiger partial charge in [-0.1, -0.05) is 48.5 Å². The van der Waals surface area contributed by atoms with E-state index in [4.69, 9.17) is 22.1 Å². The van der Waals surface area contributed by atoms with E-state index in [1.54, 1.807) is 7.11 Å². The molecule has 0 bridgehead atoms. The second kappa shape index (κ2) is 8.55. The van der Waals surface area contributed by atoms with Crippen LogP contribution in [0.15, 0.2) is 66.7 Å². The van der Waals surface area contributed by atoms with Crippen LogP contribution in [-0.2, 0) is 6.54 Å². The minimum atomic E-state index is 0.540. The minimum Gasteiger partial charge on any atom is -0.497 e. The second-order valence-corrected chi connectivity index (χ2v) is 7.57. The average molecular weight is 417 g/mol. The van der Waals surface area contributed by atoms with Gasteiger partial charge in [0, 0.05) is 11.1 Å². The first-order valence-corrected chi connectivity index (χ1v) is 10.2. The van der Waals surface area contributed by atoms with Crippen molar-refractivity contribution in [2.75, 3.05) is 17.7 Å². The van der Waals surface area contributed by atoms with E-state index in [1.807, 2.05) is 61.0 Å². The molecule has 4 rings (SSSR count). The molecule has 30 heavy (non-hydrogen) atoms. The summed E-state index contributed by atoms with van der Waals surface area (Å²) in [5.74, 6) is 0.841. The van der Waals surface area contributed by atoms with Crippen molar-refractivity contribution in [3.63, 3.8) is 0 Å². The molecule has 0 atom stereocenters. The third-order valence-electron chi connectivity index (χ3n) is 5.12. The van der Waals surface area contributed by atoms with Gasteiger partial charge in [0.15, 0.2) is 5.11 Å². The van der Waals surface area contributed by atoms with Crippen molar-refractivity contribution in [3.05, 3.63) is 83.7 Å². The molecule has 0 fully saturated rings. The van der Waals surface area contributed by atoms with Crippen LogP contribution in [0.5, 0.6) is 5.75 Å². The summed E-state index contributed by atoms with van der Waals surface area (Å²) in [7, 11) is 1.67. The van der Waals surface area contributed by atoms with E-state index in [9.17, 15) is 0 Å². The number of rotatable bonds is 5. The van der Waals surface area contributed by atoms with Crippen LogP contribution in [0.4, 0.5) is 11.4 Å². The van der Waals surface area contributed by atoms with Crippen molar-refractivity contribution in [1.82, 2.24) is 9.78 Å². The van der Waals surface area contributed by atoms with E-state index in [0.29, 0.717) is 11.7 Å². The zero-order chi connectivity index (χ0) is 21.1. The molecule has 4 aromatic rings. The summed E-state index contributed by atoms with van der Waals surface area (Å²) in [5, 5.41) is 14.2. The maximum Gasteiger partial charge on any atom is 0.175 e. The first kappa shape index (κ1) is 19.9. The normalized spacial score (nSPS) is 10.8. The third-order valence-corrected chi connectivity index (χ3v) is 5.33. The van der Waals surface area contributed by atoms with E-state index in [2.05, 4.69) is 34.9 Å². The Morgan fingerprint density at radius 3 is 2.60 bits per heavy atom. The smallest absolute Gasteiger partial charge is 0.175 e. The maximum absolute atomic E-state index is 5.60. The maximum atomic E-state index is 5.60. The molecule has 0 radical (unpaired) electrons. The van der Waals surface area contributed by atoms with Crippen molar-refractivity contribution < 1.29 is 4.74 Å². The Morgan fingerprint density at radius 1 is 1.00 bits per heavy atom. The largest absolute Gasteiger partial charge is 0.497 e. The predicted octanol–water partition coefficient (Wildman–Crippen LogP) is 5.52. The van der Waals surface area contributed by atoms with E-state index >= 15 is 0 Å². The molecule has 2 N–H and O–H groups in total. The quantitative estimate of drug-likeness (QED) is 0.420. The number of benzene rings is 3. The van der Waals surface area contributed by atoms with Crippen molar-refractivity contribution >= 4 is 39.5 Å². The van der Waals surface area contributed by atoms with Gasteiger partial charge in [0.2, 0.25) is 0 Å². The molecule has 0 unspecified atom stereocenters. The molecule has 1 aromatic heterocycles. The summed E-state index contributed by atoms with van der Waals surface area (Å²) in [5.41, 5.74) is 4.96. The van der Waals surface area contributed by atoms with Crippen LogP contribution in [0, 0.1) is 13.8 Å². The lowest BCUT2D eigenvalue weighted by atomic mass is 10.1. The van der Waals surface area contributed by atoms with Gasteiger partial charge in [-0.25, -0.2) is 0 Å². The highest BCUT2D eigenvalue weighted by molar-refractivity contribution is 7.80. The number of nitrogens with one attached hydrogen (secondary N) is 2. The van der Waals surface area contributed by atoms with Crippen LogP contribution in [0.1, 0.15) is 17.0 Å². The highest BCUT2D eigenvalue weighted by atomic mass is 32.1. The number of thiocarbonyl (C=S) groups is 1. The average Bonchev–Trinajstić information content (AvgIpc) is 3.01. The molecule has 152 valence electrons. The lowest BCUT2D eigenvalue weighted by Crippen LogP contribution is -2.20. The van der Waals surface area contributed by atoms with Gasteiger partial charge in [-0.2, -0.15) is 5.10 Å². The molecule has 5 nitrogen and oxygen atoms in total. The van der Waals surface area contributed by atoms with Crippen LogP contribution in [0.25, 0.3) is 10.8 Å². The van der Waals surface area contributed by atoms with Gasteiger partial charge in [0.1, 0.15) is 5.75 Å². The van der Waals surface area contributed by atoms with Crippen LogP contribution >= 0.6 is 12.2 Å². The molecule has 0 spiro atoms. The highest BCUT2D eigenvalue weighted by Gasteiger charge is 2.14. The number of aromatic nitrogens is 2. The number of nitrogens with zero attached hydrogens (tertiary/aromatic N) is 2. The molecular formula is C24H24N4OS.